The lowest BCUT2D eigenvalue weighted by molar-refractivity contribution is -0.120. The van der Waals surface area contributed by atoms with Crippen molar-refractivity contribution >= 4 is 11.7 Å². The number of carbonyl (C=O) groups excluding carboxylic acids is 1. The highest BCUT2D eigenvalue weighted by molar-refractivity contribution is 5.76. The van der Waals surface area contributed by atoms with Gasteiger partial charge in [-0.3, -0.25) is 4.79 Å². The van der Waals surface area contributed by atoms with E-state index in [1.807, 2.05) is 6.92 Å². The van der Waals surface area contributed by atoms with Gasteiger partial charge in [-0.2, -0.15) is 0 Å². The molecule has 106 valence electrons. The van der Waals surface area contributed by atoms with Crippen molar-refractivity contribution in [2.45, 2.75) is 27.2 Å². The standard InChI is InChI=1S/C13H22N4O2/c1-4-19-13-7-11(16-9-17-13)14-6-5-12(18)15-8-10(2)3/h7,9-10H,4-6,8H2,1-3H3,(H,15,18)(H,14,16,17). The van der Waals surface area contributed by atoms with Crippen molar-refractivity contribution in [1.82, 2.24) is 15.3 Å². The third-order valence-electron chi connectivity index (χ3n) is 2.30. The topological polar surface area (TPSA) is 76.1 Å². The molecule has 0 atom stereocenters. The number of hydrogen-bond acceptors (Lipinski definition) is 5. The summed E-state index contributed by atoms with van der Waals surface area (Å²) in [6.45, 7) is 7.83. The normalized spacial score (nSPS) is 10.3. The van der Waals surface area contributed by atoms with Crippen molar-refractivity contribution in [1.29, 1.82) is 0 Å². The van der Waals surface area contributed by atoms with E-state index in [4.69, 9.17) is 4.74 Å². The van der Waals surface area contributed by atoms with Gasteiger partial charge in [0.1, 0.15) is 12.1 Å². The van der Waals surface area contributed by atoms with E-state index < -0.39 is 0 Å². The van der Waals surface area contributed by atoms with Crippen molar-refractivity contribution in [3.8, 4) is 5.88 Å². The molecule has 1 amide bonds. The SMILES string of the molecule is CCOc1cc(NCCC(=O)NCC(C)C)ncn1. The van der Waals surface area contributed by atoms with E-state index in [9.17, 15) is 4.79 Å². The minimum atomic E-state index is 0.0419. The Kier molecular flexibility index (Phi) is 6.63. The zero-order valence-electron chi connectivity index (χ0n) is 11.8. The largest absolute Gasteiger partial charge is 0.478 e. The van der Waals surface area contributed by atoms with Crippen LogP contribution in [-0.4, -0.2) is 35.6 Å². The van der Waals surface area contributed by atoms with Crippen LogP contribution in [0.25, 0.3) is 0 Å². The molecule has 1 aromatic rings. The second kappa shape index (κ2) is 8.29. The lowest BCUT2D eigenvalue weighted by Gasteiger charge is -2.09. The highest BCUT2D eigenvalue weighted by Gasteiger charge is 2.03. The van der Waals surface area contributed by atoms with Crippen LogP contribution in [-0.2, 0) is 4.79 Å². The molecule has 0 spiro atoms. The molecule has 6 nitrogen and oxygen atoms in total. The molecule has 0 aliphatic heterocycles. The maximum absolute atomic E-state index is 11.5. The van der Waals surface area contributed by atoms with Gasteiger partial charge in [0.15, 0.2) is 0 Å². The van der Waals surface area contributed by atoms with Gasteiger partial charge >= 0.3 is 0 Å². The summed E-state index contributed by atoms with van der Waals surface area (Å²) in [6, 6.07) is 1.72. The number of rotatable bonds is 8. The number of amides is 1. The highest BCUT2D eigenvalue weighted by atomic mass is 16.5. The lowest BCUT2D eigenvalue weighted by Crippen LogP contribution is -2.28. The fraction of sp³-hybridized carbons (Fsp3) is 0.615. The summed E-state index contributed by atoms with van der Waals surface area (Å²) in [5, 5.41) is 5.93. The summed E-state index contributed by atoms with van der Waals surface area (Å²) < 4.78 is 5.27. The Labute approximate surface area is 114 Å². The Morgan fingerprint density at radius 2 is 2.21 bits per heavy atom. The zero-order valence-corrected chi connectivity index (χ0v) is 11.8. The number of nitrogens with one attached hydrogen (secondary N) is 2. The average molecular weight is 266 g/mol. The first-order valence-corrected chi connectivity index (χ1v) is 6.57. The predicted molar refractivity (Wildman–Crippen MR) is 74.2 cm³/mol. The van der Waals surface area contributed by atoms with Crippen LogP contribution in [0.5, 0.6) is 5.88 Å². The van der Waals surface area contributed by atoms with Gasteiger partial charge in [-0.15, -0.1) is 0 Å². The first-order chi connectivity index (χ1) is 9.11. The van der Waals surface area contributed by atoms with Crippen LogP contribution in [0.1, 0.15) is 27.2 Å². The molecule has 1 aromatic heterocycles. The Morgan fingerprint density at radius 1 is 1.42 bits per heavy atom. The van der Waals surface area contributed by atoms with Crippen LogP contribution in [0.15, 0.2) is 12.4 Å². The van der Waals surface area contributed by atoms with Crippen molar-refractivity contribution in [3.63, 3.8) is 0 Å². The molecule has 0 aliphatic rings. The minimum Gasteiger partial charge on any atom is -0.478 e. The van der Waals surface area contributed by atoms with Gasteiger partial charge in [0, 0.05) is 25.6 Å². The van der Waals surface area contributed by atoms with E-state index in [2.05, 4.69) is 34.4 Å². The van der Waals surface area contributed by atoms with Crippen LogP contribution in [0.2, 0.25) is 0 Å². The Bertz CT molecular complexity index is 396. The summed E-state index contributed by atoms with van der Waals surface area (Å²) in [6.07, 6.45) is 1.85. The van der Waals surface area contributed by atoms with Crippen molar-refractivity contribution in [2.24, 2.45) is 5.92 Å². The second-order valence-corrected chi connectivity index (χ2v) is 4.55. The van der Waals surface area contributed by atoms with Gasteiger partial charge in [-0.05, 0) is 12.8 Å². The molecule has 0 fully saturated rings. The monoisotopic (exact) mass is 266 g/mol. The molecule has 0 unspecified atom stereocenters. The molecular formula is C13H22N4O2. The molecule has 0 saturated heterocycles. The number of ether oxygens (including phenoxy) is 1. The van der Waals surface area contributed by atoms with E-state index in [0.29, 0.717) is 43.7 Å². The molecule has 0 bridgehead atoms. The quantitative estimate of drug-likeness (QED) is 0.744. The maximum atomic E-state index is 11.5. The van der Waals surface area contributed by atoms with Crippen LogP contribution in [0.4, 0.5) is 5.82 Å². The fourth-order valence-corrected chi connectivity index (χ4v) is 1.37. The molecule has 2 N–H and O–H groups in total. The van der Waals surface area contributed by atoms with Crippen LogP contribution < -0.4 is 15.4 Å². The van der Waals surface area contributed by atoms with Crippen molar-refractivity contribution < 1.29 is 9.53 Å². The number of aromatic nitrogens is 2. The number of nitrogens with zero attached hydrogens (tertiary/aromatic N) is 2. The molecular weight excluding hydrogens is 244 g/mol. The Morgan fingerprint density at radius 3 is 2.89 bits per heavy atom. The molecule has 6 heteroatoms. The first kappa shape index (κ1) is 15.2. The molecule has 19 heavy (non-hydrogen) atoms. The highest BCUT2D eigenvalue weighted by Crippen LogP contribution is 2.10. The zero-order chi connectivity index (χ0) is 14.1. The summed E-state index contributed by atoms with van der Waals surface area (Å²) in [5.74, 6) is 1.70. The molecule has 0 aromatic carbocycles. The van der Waals surface area contributed by atoms with Crippen molar-refractivity contribution in [2.75, 3.05) is 25.0 Å². The van der Waals surface area contributed by atoms with Gasteiger partial charge in [0.05, 0.1) is 6.61 Å². The van der Waals surface area contributed by atoms with Gasteiger partial charge in [-0.25, -0.2) is 9.97 Å². The number of carbonyl (C=O) groups is 1. The van der Waals surface area contributed by atoms with E-state index in [-0.39, 0.29) is 5.91 Å². The maximum Gasteiger partial charge on any atom is 0.221 e. The third-order valence-corrected chi connectivity index (χ3v) is 2.30. The van der Waals surface area contributed by atoms with Crippen LogP contribution in [0, 0.1) is 5.92 Å². The van der Waals surface area contributed by atoms with E-state index >= 15 is 0 Å². The summed E-state index contributed by atoms with van der Waals surface area (Å²) in [4.78, 5) is 19.5. The van der Waals surface area contributed by atoms with Gasteiger partial charge in [0.25, 0.3) is 0 Å². The van der Waals surface area contributed by atoms with E-state index in [1.54, 1.807) is 6.07 Å². The van der Waals surface area contributed by atoms with Gasteiger partial charge in [0.2, 0.25) is 11.8 Å². The van der Waals surface area contributed by atoms with E-state index in [1.165, 1.54) is 6.33 Å². The molecule has 0 aliphatic carbocycles. The average Bonchev–Trinajstić information content (AvgIpc) is 2.37. The van der Waals surface area contributed by atoms with Gasteiger partial charge in [-0.1, -0.05) is 13.8 Å². The van der Waals surface area contributed by atoms with Crippen molar-refractivity contribution in [3.05, 3.63) is 12.4 Å². The molecule has 0 radical (unpaired) electrons. The summed E-state index contributed by atoms with van der Waals surface area (Å²) >= 11 is 0. The van der Waals surface area contributed by atoms with Crippen LogP contribution in [0.3, 0.4) is 0 Å². The smallest absolute Gasteiger partial charge is 0.221 e. The molecule has 0 saturated carbocycles. The molecule has 1 rings (SSSR count). The third kappa shape index (κ3) is 6.59. The van der Waals surface area contributed by atoms with Gasteiger partial charge < -0.3 is 15.4 Å². The second-order valence-electron chi connectivity index (χ2n) is 4.55. The minimum absolute atomic E-state index is 0.0419. The first-order valence-electron chi connectivity index (χ1n) is 6.57. The predicted octanol–water partition coefficient (Wildman–Crippen LogP) is 1.45. The fourth-order valence-electron chi connectivity index (χ4n) is 1.37. The van der Waals surface area contributed by atoms with Crippen LogP contribution >= 0.6 is 0 Å². The number of hydrogen-bond donors (Lipinski definition) is 2. The van der Waals surface area contributed by atoms with E-state index in [0.717, 1.165) is 0 Å². The summed E-state index contributed by atoms with van der Waals surface area (Å²) in [5.41, 5.74) is 0. The summed E-state index contributed by atoms with van der Waals surface area (Å²) in [7, 11) is 0. The Balaban J connectivity index is 2.28. The number of anilines is 1. The lowest BCUT2D eigenvalue weighted by atomic mass is 10.2. The molecule has 1 heterocycles. The Hall–Kier alpha value is -1.85.